The minimum Gasteiger partial charge on any atom is -0.477 e. The molecule has 1 heterocycles. The lowest BCUT2D eigenvalue weighted by atomic mass is 10.1. The molecule has 0 aliphatic carbocycles. The first-order valence-electron chi connectivity index (χ1n) is 5.88. The lowest BCUT2D eigenvalue weighted by Crippen LogP contribution is -2.43. The second-order valence-corrected chi connectivity index (χ2v) is 3.87. The number of carbonyl (C=O) groups excluding carboxylic acids is 2. The van der Waals surface area contributed by atoms with Gasteiger partial charge in [0.2, 0.25) is 11.8 Å². The summed E-state index contributed by atoms with van der Waals surface area (Å²) in [6.07, 6.45) is 0.195. The van der Waals surface area contributed by atoms with Crippen LogP contribution in [0.2, 0.25) is 0 Å². The first kappa shape index (κ1) is 14.1. The summed E-state index contributed by atoms with van der Waals surface area (Å²) in [7, 11) is 0. The minimum absolute atomic E-state index is 0.0800. The smallest absolute Gasteiger partial charge is 0.352 e. The molecular weight excluding hydrogens is 238 g/mol. The fourth-order valence-electron chi connectivity index (χ4n) is 1.68. The topological polar surface area (TPSA) is 90.3 Å². The average Bonchev–Trinajstić information content (AvgIpc) is 2.33. The number of hydrogen-bond acceptors (Lipinski definition) is 4. The normalized spacial score (nSPS) is 15.3. The molecule has 0 atom stereocenters. The molecule has 1 rings (SSSR count). The van der Waals surface area contributed by atoms with E-state index < -0.39 is 5.97 Å². The van der Waals surface area contributed by atoms with E-state index in [1.807, 2.05) is 13.8 Å². The molecule has 0 aromatic rings. The van der Waals surface area contributed by atoms with Gasteiger partial charge in [0.1, 0.15) is 12.3 Å². The quantitative estimate of drug-likeness (QED) is 0.743. The molecule has 7 heteroatoms. The van der Waals surface area contributed by atoms with E-state index in [2.05, 4.69) is 5.10 Å². The van der Waals surface area contributed by atoms with Gasteiger partial charge in [-0.05, 0) is 13.8 Å². The number of likely N-dealkylation sites (N-methyl/N-ethyl adjacent to an activating group) is 1. The zero-order valence-corrected chi connectivity index (χ0v) is 10.5. The number of nitrogens with zero attached hydrogens (tertiary/aromatic N) is 3. The van der Waals surface area contributed by atoms with Crippen LogP contribution in [0.15, 0.2) is 5.10 Å². The maximum Gasteiger partial charge on any atom is 0.352 e. The highest BCUT2D eigenvalue weighted by atomic mass is 16.4. The number of aliphatic carboxylic acids is 1. The van der Waals surface area contributed by atoms with Crippen LogP contribution in [0.1, 0.15) is 26.7 Å². The van der Waals surface area contributed by atoms with Crippen molar-refractivity contribution in [1.82, 2.24) is 9.91 Å². The molecule has 7 nitrogen and oxygen atoms in total. The highest BCUT2D eigenvalue weighted by molar-refractivity contribution is 6.36. The molecule has 1 aliphatic heterocycles. The van der Waals surface area contributed by atoms with Crippen molar-refractivity contribution < 1.29 is 19.5 Å². The first-order valence-corrected chi connectivity index (χ1v) is 5.88. The minimum atomic E-state index is -1.15. The van der Waals surface area contributed by atoms with Gasteiger partial charge in [-0.3, -0.25) is 9.59 Å². The molecule has 18 heavy (non-hydrogen) atoms. The molecule has 0 aromatic carbocycles. The molecule has 0 bridgehead atoms. The van der Waals surface area contributed by atoms with E-state index in [1.165, 1.54) is 0 Å². The van der Waals surface area contributed by atoms with Gasteiger partial charge in [-0.1, -0.05) is 0 Å². The Morgan fingerprint density at radius 2 is 1.94 bits per heavy atom. The molecule has 0 unspecified atom stereocenters. The SMILES string of the molecule is CCN(CC)C(=O)CN1N=C(C(=O)O)CCC1=O. The number of hydrogen-bond donors (Lipinski definition) is 1. The largest absolute Gasteiger partial charge is 0.477 e. The Balaban J connectivity index is 2.75. The summed E-state index contributed by atoms with van der Waals surface area (Å²) in [4.78, 5) is 35.7. The van der Waals surface area contributed by atoms with Crippen LogP contribution in [0.5, 0.6) is 0 Å². The van der Waals surface area contributed by atoms with Gasteiger partial charge in [0.15, 0.2) is 0 Å². The van der Waals surface area contributed by atoms with Gasteiger partial charge in [-0.2, -0.15) is 5.10 Å². The van der Waals surface area contributed by atoms with Crippen molar-refractivity contribution in [2.45, 2.75) is 26.7 Å². The number of amides is 2. The van der Waals surface area contributed by atoms with Crippen LogP contribution < -0.4 is 0 Å². The summed E-state index contributed by atoms with van der Waals surface area (Å²) >= 11 is 0. The first-order chi connectivity index (χ1) is 8.49. The predicted molar refractivity (Wildman–Crippen MR) is 63.9 cm³/mol. The highest BCUT2D eigenvalue weighted by Gasteiger charge is 2.26. The van der Waals surface area contributed by atoms with Crippen LogP contribution in [-0.4, -0.2) is 58.1 Å². The summed E-state index contributed by atoms with van der Waals surface area (Å²) in [5.41, 5.74) is -0.0815. The van der Waals surface area contributed by atoms with Gasteiger partial charge in [-0.25, -0.2) is 9.80 Å². The number of hydrazone groups is 1. The van der Waals surface area contributed by atoms with Gasteiger partial charge < -0.3 is 10.0 Å². The maximum absolute atomic E-state index is 11.8. The number of rotatable bonds is 5. The van der Waals surface area contributed by atoms with Crippen molar-refractivity contribution in [3.63, 3.8) is 0 Å². The van der Waals surface area contributed by atoms with Gasteiger partial charge in [0.25, 0.3) is 0 Å². The zero-order valence-electron chi connectivity index (χ0n) is 10.5. The zero-order chi connectivity index (χ0) is 13.7. The molecule has 100 valence electrons. The summed E-state index contributed by atoms with van der Waals surface area (Å²) in [5.74, 6) is -1.70. The standard InChI is InChI=1S/C11H17N3O4/c1-3-13(4-2)10(16)7-14-9(15)6-5-8(12-14)11(17)18/h3-7H2,1-2H3,(H,17,18). The van der Waals surface area contributed by atoms with E-state index in [-0.39, 0.29) is 36.9 Å². The van der Waals surface area contributed by atoms with E-state index in [1.54, 1.807) is 4.90 Å². The molecule has 0 spiro atoms. The van der Waals surface area contributed by atoms with Crippen molar-refractivity contribution in [3.8, 4) is 0 Å². The molecule has 1 N–H and O–H groups in total. The van der Waals surface area contributed by atoms with E-state index in [9.17, 15) is 14.4 Å². The summed E-state index contributed by atoms with van der Waals surface area (Å²) in [6.45, 7) is 4.58. The third-order valence-corrected chi connectivity index (χ3v) is 2.75. The molecule has 0 fully saturated rings. The Morgan fingerprint density at radius 1 is 1.33 bits per heavy atom. The van der Waals surface area contributed by atoms with Crippen LogP contribution >= 0.6 is 0 Å². The predicted octanol–water partition coefficient (Wildman–Crippen LogP) is -0.0822. The Labute approximate surface area is 105 Å². The Morgan fingerprint density at radius 3 is 2.44 bits per heavy atom. The average molecular weight is 255 g/mol. The van der Waals surface area contributed by atoms with E-state index in [4.69, 9.17) is 5.11 Å². The molecule has 0 saturated heterocycles. The van der Waals surface area contributed by atoms with Gasteiger partial charge in [0, 0.05) is 25.9 Å². The Kier molecular flexibility index (Phi) is 4.82. The fourth-order valence-corrected chi connectivity index (χ4v) is 1.68. The van der Waals surface area contributed by atoms with Crippen LogP contribution in [-0.2, 0) is 14.4 Å². The molecule has 0 aromatic heterocycles. The van der Waals surface area contributed by atoms with Crippen molar-refractivity contribution >= 4 is 23.5 Å². The fraction of sp³-hybridized carbons (Fsp3) is 0.636. The Bertz CT molecular complexity index is 388. The third kappa shape index (κ3) is 3.28. The van der Waals surface area contributed by atoms with E-state index in [0.717, 1.165) is 5.01 Å². The number of carboxylic acid groups (broad SMARTS) is 1. The Hall–Kier alpha value is -1.92. The van der Waals surface area contributed by atoms with Crippen molar-refractivity contribution in [2.24, 2.45) is 5.10 Å². The maximum atomic E-state index is 11.8. The van der Waals surface area contributed by atoms with Crippen molar-refractivity contribution in [1.29, 1.82) is 0 Å². The summed E-state index contributed by atoms with van der Waals surface area (Å²) in [5, 5.41) is 13.5. The number of carboxylic acids is 1. The van der Waals surface area contributed by atoms with Gasteiger partial charge >= 0.3 is 5.97 Å². The van der Waals surface area contributed by atoms with Gasteiger partial charge in [0.05, 0.1) is 0 Å². The molecule has 0 radical (unpaired) electrons. The molecule has 0 saturated carbocycles. The lowest BCUT2D eigenvalue weighted by Gasteiger charge is -2.25. The third-order valence-electron chi connectivity index (χ3n) is 2.75. The van der Waals surface area contributed by atoms with E-state index >= 15 is 0 Å². The lowest BCUT2D eigenvalue weighted by molar-refractivity contribution is -0.141. The second-order valence-electron chi connectivity index (χ2n) is 3.87. The van der Waals surface area contributed by atoms with Crippen LogP contribution in [0.3, 0.4) is 0 Å². The molecular formula is C11H17N3O4. The number of carbonyl (C=O) groups is 3. The molecule has 1 aliphatic rings. The summed E-state index contributed by atoms with van der Waals surface area (Å²) in [6, 6.07) is 0. The second kappa shape index (κ2) is 6.13. The highest BCUT2D eigenvalue weighted by Crippen LogP contribution is 2.09. The van der Waals surface area contributed by atoms with Crippen molar-refractivity contribution in [3.05, 3.63) is 0 Å². The van der Waals surface area contributed by atoms with Crippen molar-refractivity contribution in [2.75, 3.05) is 19.6 Å². The van der Waals surface area contributed by atoms with Crippen LogP contribution in [0.4, 0.5) is 0 Å². The van der Waals surface area contributed by atoms with Gasteiger partial charge in [-0.15, -0.1) is 0 Å². The summed E-state index contributed by atoms with van der Waals surface area (Å²) < 4.78 is 0. The van der Waals surface area contributed by atoms with E-state index in [0.29, 0.717) is 13.1 Å². The van der Waals surface area contributed by atoms with Crippen LogP contribution in [0, 0.1) is 0 Å². The monoisotopic (exact) mass is 255 g/mol. The molecule has 2 amide bonds. The van der Waals surface area contributed by atoms with Crippen LogP contribution in [0.25, 0.3) is 0 Å².